The SMILES string of the molecule is COc1ccc2c(c1)C(CO)(NCC1CC1)CC2. The maximum Gasteiger partial charge on any atom is 0.119 e. The summed E-state index contributed by atoms with van der Waals surface area (Å²) in [5.41, 5.74) is 2.32. The Labute approximate surface area is 108 Å². The molecule has 3 nitrogen and oxygen atoms in total. The fourth-order valence-electron chi connectivity index (χ4n) is 2.89. The van der Waals surface area contributed by atoms with Crippen LogP contribution in [-0.2, 0) is 12.0 Å². The molecule has 18 heavy (non-hydrogen) atoms. The van der Waals surface area contributed by atoms with Crippen LogP contribution in [0.4, 0.5) is 0 Å². The largest absolute Gasteiger partial charge is 0.497 e. The Morgan fingerprint density at radius 1 is 1.44 bits per heavy atom. The molecule has 0 saturated heterocycles. The van der Waals surface area contributed by atoms with Crippen molar-refractivity contribution < 1.29 is 9.84 Å². The number of methoxy groups -OCH3 is 1. The highest BCUT2D eigenvalue weighted by Gasteiger charge is 2.39. The zero-order chi connectivity index (χ0) is 12.6. The van der Waals surface area contributed by atoms with Crippen molar-refractivity contribution in [3.63, 3.8) is 0 Å². The van der Waals surface area contributed by atoms with Crippen molar-refractivity contribution in [3.8, 4) is 5.75 Å². The molecule has 2 aliphatic carbocycles. The van der Waals surface area contributed by atoms with E-state index in [1.54, 1.807) is 7.11 Å². The molecule has 0 spiro atoms. The van der Waals surface area contributed by atoms with Gasteiger partial charge < -0.3 is 15.2 Å². The summed E-state index contributed by atoms with van der Waals surface area (Å²) in [6.07, 6.45) is 4.69. The Balaban J connectivity index is 1.88. The van der Waals surface area contributed by atoms with Gasteiger partial charge in [0, 0.05) is 0 Å². The fourth-order valence-corrected chi connectivity index (χ4v) is 2.89. The first-order valence-corrected chi connectivity index (χ1v) is 6.81. The van der Waals surface area contributed by atoms with Crippen LogP contribution in [-0.4, -0.2) is 25.4 Å². The minimum atomic E-state index is -0.244. The highest BCUT2D eigenvalue weighted by Crippen LogP contribution is 2.39. The predicted molar refractivity (Wildman–Crippen MR) is 70.8 cm³/mol. The van der Waals surface area contributed by atoms with Gasteiger partial charge in [0.25, 0.3) is 0 Å². The van der Waals surface area contributed by atoms with Crippen LogP contribution < -0.4 is 10.1 Å². The first-order chi connectivity index (χ1) is 8.77. The topological polar surface area (TPSA) is 41.5 Å². The van der Waals surface area contributed by atoms with E-state index in [1.165, 1.54) is 24.0 Å². The van der Waals surface area contributed by atoms with Gasteiger partial charge in [0.1, 0.15) is 5.75 Å². The quantitative estimate of drug-likeness (QED) is 0.834. The molecule has 1 saturated carbocycles. The van der Waals surface area contributed by atoms with E-state index in [4.69, 9.17) is 4.74 Å². The van der Waals surface area contributed by atoms with Gasteiger partial charge in [-0.2, -0.15) is 0 Å². The molecule has 98 valence electrons. The van der Waals surface area contributed by atoms with Crippen molar-refractivity contribution in [1.29, 1.82) is 0 Å². The third kappa shape index (κ3) is 2.02. The summed E-state index contributed by atoms with van der Waals surface area (Å²) >= 11 is 0. The Bertz CT molecular complexity index is 442. The number of aliphatic hydroxyl groups is 1. The Kier molecular flexibility index (Phi) is 3.04. The van der Waals surface area contributed by atoms with Crippen LogP contribution in [0, 0.1) is 5.92 Å². The summed E-state index contributed by atoms with van der Waals surface area (Å²) in [4.78, 5) is 0. The molecule has 0 heterocycles. The van der Waals surface area contributed by atoms with Crippen LogP contribution in [0.3, 0.4) is 0 Å². The third-order valence-corrected chi connectivity index (χ3v) is 4.35. The maximum absolute atomic E-state index is 9.86. The van der Waals surface area contributed by atoms with Crippen LogP contribution in [0.1, 0.15) is 30.4 Å². The standard InChI is InChI=1S/C15H21NO2/c1-18-13-5-4-12-6-7-15(10-17,14(12)8-13)16-9-11-2-3-11/h4-5,8,11,16-17H,2-3,6-7,9-10H2,1H3. The van der Waals surface area contributed by atoms with Crippen LogP contribution in [0.15, 0.2) is 18.2 Å². The van der Waals surface area contributed by atoms with E-state index in [-0.39, 0.29) is 12.1 Å². The fraction of sp³-hybridized carbons (Fsp3) is 0.600. The third-order valence-electron chi connectivity index (χ3n) is 4.35. The van der Waals surface area contributed by atoms with Gasteiger partial charge in [-0.25, -0.2) is 0 Å². The van der Waals surface area contributed by atoms with Gasteiger partial charge >= 0.3 is 0 Å². The lowest BCUT2D eigenvalue weighted by Crippen LogP contribution is -2.44. The normalized spacial score (nSPS) is 26.1. The molecular weight excluding hydrogens is 226 g/mol. The van der Waals surface area contributed by atoms with E-state index in [2.05, 4.69) is 17.4 Å². The number of aryl methyl sites for hydroxylation is 1. The van der Waals surface area contributed by atoms with Crippen LogP contribution in [0.25, 0.3) is 0 Å². The van der Waals surface area contributed by atoms with Crippen LogP contribution in [0.2, 0.25) is 0 Å². The van der Waals surface area contributed by atoms with E-state index >= 15 is 0 Å². The molecule has 0 aliphatic heterocycles. The van der Waals surface area contributed by atoms with E-state index in [0.29, 0.717) is 0 Å². The monoisotopic (exact) mass is 247 g/mol. The molecule has 0 aromatic heterocycles. The molecule has 3 rings (SSSR count). The first-order valence-electron chi connectivity index (χ1n) is 6.81. The summed E-state index contributed by atoms with van der Waals surface area (Å²) in [6.45, 7) is 1.19. The minimum absolute atomic E-state index is 0.167. The number of rotatable bonds is 5. The molecule has 2 aliphatic rings. The summed E-state index contributed by atoms with van der Waals surface area (Å²) < 4.78 is 5.31. The second kappa shape index (κ2) is 4.56. The second-order valence-electron chi connectivity index (χ2n) is 5.59. The first kappa shape index (κ1) is 12.0. The molecule has 0 amide bonds. The number of aliphatic hydroxyl groups excluding tert-OH is 1. The van der Waals surface area contributed by atoms with Gasteiger partial charge in [-0.05, 0) is 61.4 Å². The summed E-state index contributed by atoms with van der Waals surface area (Å²) in [5, 5.41) is 13.5. The van der Waals surface area contributed by atoms with Gasteiger partial charge in [0.15, 0.2) is 0 Å². The molecule has 0 bridgehead atoms. The van der Waals surface area contributed by atoms with Crippen molar-refractivity contribution in [1.82, 2.24) is 5.32 Å². The smallest absolute Gasteiger partial charge is 0.119 e. The van der Waals surface area contributed by atoms with Crippen molar-refractivity contribution in [3.05, 3.63) is 29.3 Å². The van der Waals surface area contributed by atoms with Gasteiger partial charge in [-0.15, -0.1) is 0 Å². The van der Waals surface area contributed by atoms with Gasteiger partial charge in [-0.1, -0.05) is 6.07 Å². The molecule has 2 N–H and O–H groups in total. The van der Waals surface area contributed by atoms with Crippen LogP contribution >= 0.6 is 0 Å². The Morgan fingerprint density at radius 3 is 2.94 bits per heavy atom. The lowest BCUT2D eigenvalue weighted by molar-refractivity contribution is 0.159. The van der Waals surface area contributed by atoms with Gasteiger partial charge in [0.2, 0.25) is 0 Å². The van der Waals surface area contributed by atoms with Crippen molar-refractivity contribution >= 4 is 0 Å². The lowest BCUT2D eigenvalue weighted by Gasteiger charge is -2.30. The van der Waals surface area contributed by atoms with E-state index in [0.717, 1.165) is 31.1 Å². The molecule has 3 heteroatoms. The van der Waals surface area contributed by atoms with Crippen LogP contribution in [0.5, 0.6) is 5.75 Å². The summed E-state index contributed by atoms with van der Waals surface area (Å²) in [5.74, 6) is 1.70. The minimum Gasteiger partial charge on any atom is -0.497 e. The average Bonchev–Trinajstić information content (AvgIpc) is 3.18. The zero-order valence-electron chi connectivity index (χ0n) is 10.9. The number of hydrogen-bond donors (Lipinski definition) is 2. The molecular formula is C15H21NO2. The van der Waals surface area contributed by atoms with Crippen molar-refractivity contribution in [2.45, 2.75) is 31.2 Å². The summed E-state index contributed by atoms with van der Waals surface area (Å²) in [7, 11) is 1.69. The predicted octanol–water partition coefficient (Wildman–Crippen LogP) is 1.83. The number of benzene rings is 1. The number of hydrogen-bond acceptors (Lipinski definition) is 3. The van der Waals surface area contributed by atoms with Crippen molar-refractivity contribution in [2.24, 2.45) is 5.92 Å². The Morgan fingerprint density at radius 2 is 2.28 bits per heavy atom. The molecule has 1 atom stereocenters. The van der Waals surface area contributed by atoms with Gasteiger partial charge in [0.05, 0.1) is 19.3 Å². The molecule has 1 aromatic carbocycles. The Hall–Kier alpha value is -1.06. The summed E-state index contributed by atoms with van der Waals surface area (Å²) in [6, 6.07) is 6.22. The number of nitrogens with one attached hydrogen (secondary N) is 1. The number of fused-ring (bicyclic) bond motifs is 1. The highest BCUT2D eigenvalue weighted by atomic mass is 16.5. The maximum atomic E-state index is 9.86. The molecule has 1 unspecified atom stereocenters. The molecule has 0 radical (unpaired) electrons. The molecule has 1 aromatic rings. The molecule has 1 fully saturated rings. The lowest BCUT2D eigenvalue weighted by atomic mass is 9.92. The highest BCUT2D eigenvalue weighted by molar-refractivity contribution is 5.44. The second-order valence-corrected chi connectivity index (χ2v) is 5.59. The van der Waals surface area contributed by atoms with E-state index in [9.17, 15) is 5.11 Å². The number of ether oxygens (including phenoxy) is 1. The zero-order valence-corrected chi connectivity index (χ0v) is 10.9. The van der Waals surface area contributed by atoms with Crippen molar-refractivity contribution in [2.75, 3.05) is 20.3 Å². The van der Waals surface area contributed by atoms with E-state index in [1.807, 2.05) is 6.07 Å². The van der Waals surface area contributed by atoms with E-state index < -0.39 is 0 Å². The van der Waals surface area contributed by atoms with Gasteiger partial charge in [-0.3, -0.25) is 0 Å². The average molecular weight is 247 g/mol.